The van der Waals surface area contributed by atoms with E-state index < -0.39 is 5.91 Å². The molecule has 1 aromatic heterocycles. The first-order valence-corrected chi connectivity index (χ1v) is 5.36. The van der Waals surface area contributed by atoms with Crippen LogP contribution in [0, 0.1) is 5.21 Å². The molecule has 1 amide bonds. The predicted molar refractivity (Wildman–Crippen MR) is 64.7 cm³/mol. The second kappa shape index (κ2) is 5.18. The first-order valence-electron chi connectivity index (χ1n) is 5.36. The van der Waals surface area contributed by atoms with E-state index in [1.165, 1.54) is 6.20 Å². The molecule has 0 fully saturated rings. The third kappa shape index (κ3) is 2.76. The Morgan fingerprint density at radius 3 is 2.83 bits per heavy atom. The molecule has 2 aromatic rings. The van der Waals surface area contributed by atoms with Crippen LogP contribution >= 0.6 is 0 Å². The van der Waals surface area contributed by atoms with Crippen molar-refractivity contribution in [3.63, 3.8) is 0 Å². The van der Waals surface area contributed by atoms with E-state index in [1.54, 1.807) is 42.5 Å². The number of nitrogens with zero attached hydrogens (tertiary/aromatic N) is 1. The Hall–Kier alpha value is -2.56. The van der Waals surface area contributed by atoms with Crippen molar-refractivity contribution in [3.05, 3.63) is 65.0 Å². The highest BCUT2D eigenvalue weighted by Gasteiger charge is 2.06. The van der Waals surface area contributed by atoms with Crippen LogP contribution in [-0.4, -0.2) is 5.91 Å². The van der Waals surface area contributed by atoms with Crippen molar-refractivity contribution in [1.82, 2.24) is 0 Å². The minimum atomic E-state index is -0.490. The molecule has 0 saturated carbocycles. The van der Waals surface area contributed by atoms with Crippen molar-refractivity contribution < 1.29 is 14.3 Å². The summed E-state index contributed by atoms with van der Waals surface area (Å²) in [7, 11) is 0. The number of amides is 1. The first kappa shape index (κ1) is 11.9. The summed E-state index contributed by atoms with van der Waals surface area (Å²) >= 11 is 0. The Kier molecular flexibility index (Phi) is 3.43. The fourth-order valence-corrected chi connectivity index (χ4v) is 1.50. The Bertz CT molecular complexity index is 570. The number of carbonyl (C=O) groups is 1. The zero-order valence-electron chi connectivity index (χ0n) is 9.58. The van der Waals surface area contributed by atoms with Crippen molar-refractivity contribution in [2.24, 2.45) is 5.73 Å². The van der Waals surface area contributed by atoms with Crippen molar-refractivity contribution in [1.29, 1.82) is 0 Å². The van der Waals surface area contributed by atoms with Gasteiger partial charge in [0.2, 0.25) is 5.91 Å². The predicted octanol–water partition coefficient (Wildman–Crippen LogP) is 0.998. The molecule has 5 nitrogen and oxygen atoms in total. The molecule has 0 atom stereocenters. The number of pyridine rings is 1. The van der Waals surface area contributed by atoms with E-state index in [4.69, 9.17) is 10.5 Å². The Labute approximate surface area is 104 Å². The van der Waals surface area contributed by atoms with E-state index in [1.807, 2.05) is 0 Å². The minimum Gasteiger partial charge on any atom is -0.616 e. The van der Waals surface area contributed by atoms with E-state index in [2.05, 4.69) is 0 Å². The summed E-state index contributed by atoms with van der Waals surface area (Å²) in [6.45, 7) is 0.202. The molecular weight excluding hydrogens is 232 g/mol. The van der Waals surface area contributed by atoms with Crippen LogP contribution in [0.25, 0.3) is 0 Å². The average Bonchev–Trinajstić information content (AvgIpc) is 2.38. The zero-order chi connectivity index (χ0) is 13.0. The number of hydrogen-bond acceptors (Lipinski definition) is 3. The molecule has 1 aromatic carbocycles. The van der Waals surface area contributed by atoms with Gasteiger partial charge in [-0.25, -0.2) is 0 Å². The van der Waals surface area contributed by atoms with Crippen LogP contribution in [0.5, 0.6) is 5.88 Å². The molecule has 0 bridgehead atoms. The van der Waals surface area contributed by atoms with E-state index in [-0.39, 0.29) is 12.5 Å². The Morgan fingerprint density at radius 2 is 2.11 bits per heavy atom. The highest BCUT2D eigenvalue weighted by molar-refractivity contribution is 5.92. The molecule has 18 heavy (non-hydrogen) atoms. The lowest BCUT2D eigenvalue weighted by Gasteiger charge is -2.06. The number of primary amides is 1. The van der Waals surface area contributed by atoms with Gasteiger partial charge in [0.1, 0.15) is 6.61 Å². The van der Waals surface area contributed by atoms with Crippen molar-refractivity contribution in [3.8, 4) is 5.88 Å². The van der Waals surface area contributed by atoms with Crippen molar-refractivity contribution in [2.75, 3.05) is 0 Å². The van der Waals surface area contributed by atoms with Gasteiger partial charge in [0.15, 0.2) is 6.20 Å². The van der Waals surface area contributed by atoms with Crippen LogP contribution in [0.15, 0.2) is 48.7 Å². The maximum atomic E-state index is 11.3. The summed E-state index contributed by atoms with van der Waals surface area (Å²) in [5.41, 5.74) is 6.37. The third-order valence-electron chi connectivity index (χ3n) is 2.39. The van der Waals surface area contributed by atoms with Gasteiger partial charge in [-0.15, -0.1) is 4.73 Å². The van der Waals surface area contributed by atoms with E-state index in [9.17, 15) is 10.0 Å². The number of hydrogen-bond donors (Lipinski definition) is 1. The standard InChI is InChI=1S/C13H12N2O3/c14-13(16)11-5-3-4-10(8-11)9-18-12-6-1-2-7-15(12)17/h1-8H,9H2,(H2,14,16). The number of benzene rings is 1. The van der Waals surface area contributed by atoms with Gasteiger partial charge in [-0.3, -0.25) is 4.79 Å². The van der Waals surface area contributed by atoms with Crippen LogP contribution < -0.4 is 15.2 Å². The van der Waals surface area contributed by atoms with Gasteiger partial charge < -0.3 is 15.7 Å². The number of rotatable bonds is 4. The van der Waals surface area contributed by atoms with Crippen molar-refractivity contribution >= 4 is 5.91 Å². The van der Waals surface area contributed by atoms with E-state index >= 15 is 0 Å². The van der Waals surface area contributed by atoms with Crippen LogP contribution in [-0.2, 0) is 6.61 Å². The lowest BCUT2D eigenvalue weighted by Crippen LogP contribution is -2.27. The molecule has 0 spiro atoms. The van der Waals surface area contributed by atoms with Crippen LogP contribution in [0.4, 0.5) is 0 Å². The van der Waals surface area contributed by atoms with Gasteiger partial charge in [-0.05, 0) is 23.8 Å². The van der Waals surface area contributed by atoms with Gasteiger partial charge in [0.05, 0.1) is 6.07 Å². The Morgan fingerprint density at radius 1 is 1.28 bits per heavy atom. The number of aromatic nitrogens is 1. The normalized spacial score (nSPS) is 10.0. The number of carbonyl (C=O) groups excluding carboxylic acids is 1. The summed E-state index contributed by atoms with van der Waals surface area (Å²) < 4.78 is 5.99. The molecule has 0 unspecified atom stereocenters. The lowest BCUT2D eigenvalue weighted by atomic mass is 10.1. The van der Waals surface area contributed by atoms with Gasteiger partial charge in [-0.1, -0.05) is 12.1 Å². The molecular formula is C13H12N2O3. The molecule has 92 valence electrons. The van der Waals surface area contributed by atoms with Gasteiger partial charge in [0, 0.05) is 11.6 Å². The molecule has 0 radical (unpaired) electrons. The zero-order valence-corrected chi connectivity index (χ0v) is 9.58. The second-order valence-corrected chi connectivity index (χ2v) is 3.72. The molecule has 0 saturated heterocycles. The molecule has 0 aliphatic carbocycles. The minimum absolute atomic E-state index is 0.202. The maximum absolute atomic E-state index is 11.3. The number of ether oxygens (including phenoxy) is 1. The van der Waals surface area contributed by atoms with Gasteiger partial charge in [0.25, 0.3) is 0 Å². The molecule has 2 N–H and O–H groups in total. The highest BCUT2D eigenvalue weighted by atomic mass is 16.5. The monoisotopic (exact) mass is 244 g/mol. The average molecular weight is 244 g/mol. The number of nitrogens with two attached hydrogens (primary N) is 1. The van der Waals surface area contributed by atoms with Gasteiger partial charge >= 0.3 is 5.88 Å². The van der Waals surface area contributed by atoms with Crippen molar-refractivity contribution in [2.45, 2.75) is 6.61 Å². The highest BCUT2D eigenvalue weighted by Crippen LogP contribution is 2.09. The van der Waals surface area contributed by atoms with Crippen LogP contribution in [0.2, 0.25) is 0 Å². The summed E-state index contributed by atoms with van der Waals surface area (Å²) in [5, 5.41) is 11.3. The van der Waals surface area contributed by atoms with Crippen LogP contribution in [0.1, 0.15) is 15.9 Å². The molecule has 0 aliphatic heterocycles. The summed E-state index contributed by atoms with van der Waals surface area (Å²) in [5.74, 6) is -0.280. The fourth-order valence-electron chi connectivity index (χ4n) is 1.50. The summed E-state index contributed by atoms with van der Waals surface area (Å²) in [6, 6.07) is 11.7. The topological polar surface area (TPSA) is 79.3 Å². The van der Waals surface area contributed by atoms with E-state index in [0.29, 0.717) is 10.3 Å². The quantitative estimate of drug-likeness (QED) is 0.643. The van der Waals surface area contributed by atoms with Crippen LogP contribution in [0.3, 0.4) is 0 Å². The summed E-state index contributed by atoms with van der Waals surface area (Å²) in [6.07, 6.45) is 1.36. The lowest BCUT2D eigenvalue weighted by molar-refractivity contribution is -0.613. The summed E-state index contributed by atoms with van der Waals surface area (Å²) in [4.78, 5) is 11.0. The molecule has 0 aliphatic rings. The molecule has 1 heterocycles. The molecule has 2 rings (SSSR count). The fraction of sp³-hybridized carbons (Fsp3) is 0.0769. The molecule has 5 heteroatoms. The third-order valence-corrected chi connectivity index (χ3v) is 2.39. The second-order valence-electron chi connectivity index (χ2n) is 3.72. The smallest absolute Gasteiger partial charge is 0.379 e. The maximum Gasteiger partial charge on any atom is 0.379 e. The van der Waals surface area contributed by atoms with E-state index in [0.717, 1.165) is 5.56 Å². The van der Waals surface area contributed by atoms with Gasteiger partial charge in [-0.2, -0.15) is 0 Å². The first-order chi connectivity index (χ1) is 8.66. The Balaban J connectivity index is 2.09. The largest absolute Gasteiger partial charge is 0.616 e. The SMILES string of the molecule is NC(=O)c1cccc(COc2cccc[n+]2[O-])c1.